The van der Waals surface area contributed by atoms with E-state index in [-0.39, 0.29) is 30.8 Å². The van der Waals surface area contributed by atoms with Crippen molar-refractivity contribution in [3.8, 4) is 0 Å². The Morgan fingerprint density at radius 2 is 2.11 bits per heavy atom. The molecule has 1 atom stereocenters. The Labute approximate surface area is 111 Å². The maximum atomic E-state index is 12.3. The fraction of sp³-hybridized carbons (Fsp3) is 0.727. The van der Waals surface area contributed by atoms with Gasteiger partial charge in [0.05, 0.1) is 0 Å². The van der Waals surface area contributed by atoms with E-state index in [0.717, 1.165) is 4.90 Å². The first kappa shape index (κ1) is 17.2. The van der Waals surface area contributed by atoms with Gasteiger partial charge in [-0.25, -0.2) is 0 Å². The molecule has 1 unspecified atom stereocenters. The first-order valence-corrected chi connectivity index (χ1v) is 5.52. The minimum Gasteiger partial charge on any atom is -0.330 e. The van der Waals surface area contributed by atoms with Crippen LogP contribution in [0.1, 0.15) is 6.92 Å². The van der Waals surface area contributed by atoms with Crippen LogP contribution >= 0.6 is 12.4 Å². The van der Waals surface area contributed by atoms with Crippen molar-refractivity contribution < 1.29 is 18.0 Å². The Bertz CT molecular complexity index is 293. The number of amides is 1. The SMILES string of the molecule is C=CCN(CC(F)(F)F)C(=O)C(C)C1CNC1.Cl. The Balaban J connectivity index is 0.00000289. The largest absolute Gasteiger partial charge is 0.406 e. The van der Waals surface area contributed by atoms with Gasteiger partial charge >= 0.3 is 6.18 Å². The molecule has 106 valence electrons. The second-order valence-corrected chi connectivity index (χ2v) is 4.33. The number of carbonyl (C=O) groups excluding carboxylic acids is 1. The number of alkyl halides is 3. The smallest absolute Gasteiger partial charge is 0.330 e. The molecule has 1 aliphatic rings. The van der Waals surface area contributed by atoms with Crippen molar-refractivity contribution in [1.29, 1.82) is 0 Å². The minimum absolute atomic E-state index is 0. The average molecular weight is 287 g/mol. The summed E-state index contributed by atoms with van der Waals surface area (Å²) in [6.45, 7) is 5.18. The summed E-state index contributed by atoms with van der Waals surface area (Å²) in [5.74, 6) is -0.685. The molecule has 7 heteroatoms. The van der Waals surface area contributed by atoms with Gasteiger partial charge in [-0.2, -0.15) is 13.2 Å². The fourth-order valence-electron chi connectivity index (χ4n) is 1.76. The van der Waals surface area contributed by atoms with Crippen LogP contribution in [0, 0.1) is 11.8 Å². The van der Waals surface area contributed by atoms with E-state index in [1.807, 2.05) is 0 Å². The van der Waals surface area contributed by atoms with Crippen molar-refractivity contribution in [2.75, 3.05) is 26.2 Å². The molecule has 3 nitrogen and oxygen atoms in total. The average Bonchev–Trinajstić information content (AvgIpc) is 2.11. The second kappa shape index (κ2) is 6.99. The van der Waals surface area contributed by atoms with Crippen LogP contribution in [0.15, 0.2) is 12.7 Å². The second-order valence-electron chi connectivity index (χ2n) is 4.33. The van der Waals surface area contributed by atoms with Gasteiger partial charge in [-0.1, -0.05) is 13.0 Å². The predicted molar refractivity (Wildman–Crippen MR) is 65.6 cm³/mol. The van der Waals surface area contributed by atoms with Gasteiger partial charge in [0.1, 0.15) is 6.54 Å². The Morgan fingerprint density at radius 1 is 1.56 bits per heavy atom. The van der Waals surface area contributed by atoms with Gasteiger partial charge in [0, 0.05) is 12.5 Å². The maximum Gasteiger partial charge on any atom is 0.406 e. The molecule has 0 saturated carbocycles. The lowest BCUT2D eigenvalue weighted by atomic mass is 9.88. The first-order chi connectivity index (χ1) is 7.85. The van der Waals surface area contributed by atoms with Crippen LogP contribution in [0.4, 0.5) is 13.2 Å². The number of halogens is 4. The van der Waals surface area contributed by atoms with E-state index in [0.29, 0.717) is 13.1 Å². The molecule has 18 heavy (non-hydrogen) atoms. The molecular formula is C11H18ClF3N2O. The highest BCUT2D eigenvalue weighted by Gasteiger charge is 2.36. The molecule has 0 bridgehead atoms. The number of nitrogens with zero attached hydrogens (tertiary/aromatic N) is 1. The lowest BCUT2D eigenvalue weighted by Crippen LogP contribution is -2.51. The Hall–Kier alpha value is -0.750. The summed E-state index contributed by atoms with van der Waals surface area (Å²) in [7, 11) is 0. The molecule has 0 spiro atoms. The molecule has 0 aromatic rings. The number of carbonyl (C=O) groups is 1. The van der Waals surface area contributed by atoms with Gasteiger partial charge in [0.25, 0.3) is 0 Å². The zero-order chi connectivity index (χ0) is 13.1. The summed E-state index contributed by atoms with van der Waals surface area (Å²) in [5, 5.41) is 3.00. The molecule has 1 saturated heterocycles. The van der Waals surface area contributed by atoms with Gasteiger partial charge in [0.15, 0.2) is 0 Å². The monoisotopic (exact) mass is 286 g/mol. The van der Waals surface area contributed by atoms with Gasteiger partial charge in [-0.05, 0) is 19.0 Å². The fourth-order valence-corrected chi connectivity index (χ4v) is 1.76. The molecule has 1 N–H and O–H groups in total. The predicted octanol–water partition coefficient (Wildman–Crippen LogP) is 1.84. The van der Waals surface area contributed by atoms with Crippen LogP contribution in [-0.4, -0.2) is 43.2 Å². The zero-order valence-corrected chi connectivity index (χ0v) is 11.0. The minimum atomic E-state index is -4.36. The highest BCUT2D eigenvalue weighted by Crippen LogP contribution is 2.22. The van der Waals surface area contributed by atoms with Crippen LogP contribution in [-0.2, 0) is 4.79 Å². The van der Waals surface area contributed by atoms with Crippen LogP contribution in [0.25, 0.3) is 0 Å². The van der Waals surface area contributed by atoms with Crippen molar-refractivity contribution >= 4 is 18.3 Å². The summed E-state index contributed by atoms with van der Waals surface area (Å²) in [6.07, 6.45) is -3.05. The Morgan fingerprint density at radius 3 is 2.44 bits per heavy atom. The summed E-state index contributed by atoms with van der Waals surface area (Å²) < 4.78 is 36.9. The van der Waals surface area contributed by atoms with E-state index in [9.17, 15) is 18.0 Å². The van der Waals surface area contributed by atoms with Gasteiger partial charge in [-0.3, -0.25) is 4.79 Å². The van der Waals surface area contributed by atoms with Crippen molar-refractivity contribution in [2.24, 2.45) is 11.8 Å². The maximum absolute atomic E-state index is 12.3. The first-order valence-electron chi connectivity index (χ1n) is 5.52. The molecule has 1 fully saturated rings. The molecular weight excluding hydrogens is 269 g/mol. The van der Waals surface area contributed by atoms with E-state index in [1.165, 1.54) is 6.08 Å². The van der Waals surface area contributed by atoms with Crippen molar-refractivity contribution in [2.45, 2.75) is 13.1 Å². The number of rotatable bonds is 5. The van der Waals surface area contributed by atoms with E-state index in [4.69, 9.17) is 0 Å². The van der Waals surface area contributed by atoms with Gasteiger partial charge < -0.3 is 10.2 Å². The van der Waals surface area contributed by atoms with E-state index < -0.39 is 18.6 Å². The molecule has 1 rings (SSSR count). The summed E-state index contributed by atoms with van der Waals surface area (Å²) >= 11 is 0. The van der Waals surface area contributed by atoms with Gasteiger partial charge in [-0.15, -0.1) is 19.0 Å². The van der Waals surface area contributed by atoms with Crippen molar-refractivity contribution in [3.05, 3.63) is 12.7 Å². The molecule has 0 aromatic carbocycles. The summed E-state index contributed by atoms with van der Waals surface area (Å²) in [6, 6.07) is 0. The standard InChI is InChI=1S/C11H17F3N2O.ClH/c1-3-4-16(7-11(12,13)14)10(17)8(2)9-5-15-6-9;/h3,8-9,15H,1,4-7H2,2H3;1H. The van der Waals surface area contributed by atoms with E-state index >= 15 is 0 Å². The third-order valence-electron chi connectivity index (χ3n) is 2.94. The normalized spacial score (nSPS) is 17.3. The molecule has 1 heterocycles. The molecule has 0 aliphatic carbocycles. The molecule has 1 amide bonds. The lowest BCUT2D eigenvalue weighted by molar-refractivity contribution is -0.163. The number of hydrogen-bond donors (Lipinski definition) is 1. The summed E-state index contributed by atoms with van der Waals surface area (Å²) in [4.78, 5) is 12.7. The quantitative estimate of drug-likeness (QED) is 0.782. The number of hydrogen-bond acceptors (Lipinski definition) is 2. The van der Waals surface area contributed by atoms with Crippen molar-refractivity contribution in [1.82, 2.24) is 10.2 Å². The van der Waals surface area contributed by atoms with Crippen LogP contribution in [0.2, 0.25) is 0 Å². The molecule has 0 aromatic heterocycles. The topological polar surface area (TPSA) is 32.3 Å². The highest BCUT2D eigenvalue weighted by atomic mass is 35.5. The third kappa shape index (κ3) is 4.86. The van der Waals surface area contributed by atoms with Crippen molar-refractivity contribution in [3.63, 3.8) is 0 Å². The van der Waals surface area contributed by atoms with Crippen LogP contribution < -0.4 is 5.32 Å². The lowest BCUT2D eigenvalue weighted by Gasteiger charge is -2.35. The van der Waals surface area contributed by atoms with E-state index in [2.05, 4.69) is 11.9 Å². The highest BCUT2D eigenvalue weighted by molar-refractivity contribution is 5.85. The Kier molecular flexibility index (Phi) is 6.70. The van der Waals surface area contributed by atoms with E-state index in [1.54, 1.807) is 6.92 Å². The number of nitrogens with one attached hydrogen (secondary N) is 1. The van der Waals surface area contributed by atoms with Crippen LogP contribution in [0.5, 0.6) is 0 Å². The third-order valence-corrected chi connectivity index (χ3v) is 2.94. The van der Waals surface area contributed by atoms with Gasteiger partial charge in [0.2, 0.25) is 5.91 Å². The van der Waals surface area contributed by atoms with Crippen LogP contribution in [0.3, 0.4) is 0 Å². The zero-order valence-electron chi connectivity index (χ0n) is 10.2. The summed E-state index contributed by atoms with van der Waals surface area (Å²) in [5.41, 5.74) is 0. The molecule has 0 radical (unpaired) electrons. The molecule has 1 aliphatic heterocycles.